The average molecular weight is 517 g/mol. The number of ether oxygens (including phenoxy) is 2. The smallest absolute Gasteiger partial charge is 0.209 e. The molecule has 1 heterocycles. The molecule has 0 radical (unpaired) electrons. The van der Waals surface area contributed by atoms with E-state index in [4.69, 9.17) is 25.5 Å². The molecule has 0 aliphatic carbocycles. The van der Waals surface area contributed by atoms with E-state index < -0.39 is 15.3 Å². The second-order valence-corrected chi connectivity index (χ2v) is 11.4. The first-order chi connectivity index (χ1) is 16.6. The summed E-state index contributed by atoms with van der Waals surface area (Å²) in [5, 5.41) is 10.0. The molecule has 186 valence electrons. The summed E-state index contributed by atoms with van der Waals surface area (Å²) in [6.07, 6.45) is 2.23. The summed E-state index contributed by atoms with van der Waals surface area (Å²) >= 11 is 6.47. The third kappa shape index (κ3) is 6.56. The Morgan fingerprint density at radius 1 is 1.11 bits per heavy atom. The van der Waals surface area contributed by atoms with Crippen LogP contribution in [-0.4, -0.2) is 25.8 Å². The first-order valence-corrected chi connectivity index (χ1v) is 13.5. The van der Waals surface area contributed by atoms with Crippen LogP contribution in [-0.2, 0) is 27.6 Å². The van der Waals surface area contributed by atoms with E-state index in [1.165, 1.54) is 6.26 Å². The Morgan fingerprint density at radius 3 is 2.46 bits per heavy atom. The number of aromatic nitrogens is 1. The molecule has 3 aromatic rings. The van der Waals surface area contributed by atoms with Crippen LogP contribution >= 0.6 is 11.6 Å². The maximum Gasteiger partial charge on any atom is 0.209 e. The summed E-state index contributed by atoms with van der Waals surface area (Å²) in [6.45, 7) is 8.34. The monoisotopic (exact) mass is 516 g/mol. The second-order valence-electron chi connectivity index (χ2n) is 8.64. The van der Waals surface area contributed by atoms with E-state index in [0.29, 0.717) is 34.4 Å². The van der Waals surface area contributed by atoms with Crippen molar-refractivity contribution in [1.82, 2.24) is 4.98 Å². The maximum absolute atomic E-state index is 11.7. The van der Waals surface area contributed by atoms with Crippen molar-refractivity contribution in [2.24, 2.45) is 0 Å². The van der Waals surface area contributed by atoms with E-state index >= 15 is 0 Å². The average Bonchev–Trinajstić information content (AvgIpc) is 3.28. The van der Waals surface area contributed by atoms with Crippen molar-refractivity contribution in [3.8, 4) is 17.6 Å². The number of sulfone groups is 1. The van der Waals surface area contributed by atoms with Gasteiger partial charge in [0.1, 0.15) is 36.1 Å². The van der Waals surface area contributed by atoms with E-state index in [0.717, 1.165) is 17.5 Å². The minimum atomic E-state index is -3.21. The lowest BCUT2D eigenvalue weighted by molar-refractivity contribution is 0.301. The molecule has 35 heavy (non-hydrogen) atoms. The Bertz CT molecular complexity index is 1310. The van der Waals surface area contributed by atoms with Crippen molar-refractivity contribution in [3.63, 3.8) is 0 Å². The Labute approximate surface area is 211 Å². The van der Waals surface area contributed by atoms with Gasteiger partial charge in [-0.25, -0.2) is 13.4 Å². The summed E-state index contributed by atoms with van der Waals surface area (Å²) in [5.41, 5.74) is 2.41. The van der Waals surface area contributed by atoms with Gasteiger partial charge in [0.2, 0.25) is 5.89 Å². The SMILES string of the molecule is CCCOc1c(Cl)cc(C(C)(C)c2ccc(OCc3coc(CS(=O)(=O)CC)n3)cc2)cc1C#N. The van der Waals surface area contributed by atoms with E-state index in [1.54, 1.807) is 6.92 Å². The third-order valence-electron chi connectivity index (χ3n) is 5.68. The van der Waals surface area contributed by atoms with E-state index in [1.807, 2.05) is 43.3 Å². The highest BCUT2D eigenvalue weighted by molar-refractivity contribution is 7.90. The number of rotatable bonds is 11. The van der Waals surface area contributed by atoms with Crippen LogP contribution in [0.2, 0.25) is 5.02 Å². The van der Waals surface area contributed by atoms with Gasteiger partial charge in [0.15, 0.2) is 15.6 Å². The molecule has 0 saturated heterocycles. The molecule has 2 aromatic carbocycles. The number of halogens is 1. The van der Waals surface area contributed by atoms with Gasteiger partial charge in [-0.1, -0.05) is 51.4 Å². The minimum absolute atomic E-state index is 0.0325. The zero-order valence-electron chi connectivity index (χ0n) is 20.3. The minimum Gasteiger partial charge on any atom is -0.491 e. The van der Waals surface area contributed by atoms with Gasteiger partial charge >= 0.3 is 0 Å². The van der Waals surface area contributed by atoms with Crippen LogP contribution < -0.4 is 9.47 Å². The number of hydrogen-bond acceptors (Lipinski definition) is 7. The molecule has 0 aliphatic heterocycles. The Hall–Kier alpha value is -3.02. The highest BCUT2D eigenvalue weighted by Gasteiger charge is 2.26. The van der Waals surface area contributed by atoms with E-state index in [2.05, 4.69) is 24.9 Å². The Balaban J connectivity index is 1.72. The molecule has 1 aromatic heterocycles. The molecule has 0 saturated carbocycles. The van der Waals surface area contributed by atoms with E-state index in [-0.39, 0.29) is 24.0 Å². The lowest BCUT2D eigenvalue weighted by Crippen LogP contribution is -2.19. The standard InChI is InChI=1S/C26H29ClN2O5S/c1-5-11-32-25-18(14-28)12-20(13-23(25)27)26(3,4)19-7-9-22(10-8-19)33-15-21-16-34-24(29-21)17-35(30,31)6-2/h7-10,12-13,16H,5-6,11,15,17H2,1-4H3. The van der Waals surface area contributed by atoms with Crippen LogP contribution in [0.15, 0.2) is 47.1 Å². The van der Waals surface area contributed by atoms with E-state index in [9.17, 15) is 13.7 Å². The normalized spacial score (nSPS) is 11.8. The highest BCUT2D eigenvalue weighted by Crippen LogP contribution is 2.38. The quantitative estimate of drug-likeness (QED) is 0.316. The number of oxazole rings is 1. The predicted molar refractivity (Wildman–Crippen MR) is 135 cm³/mol. The molecule has 0 bridgehead atoms. The van der Waals surface area contributed by atoms with Gasteiger partial charge < -0.3 is 13.9 Å². The molecule has 0 fully saturated rings. The van der Waals surface area contributed by atoms with Gasteiger partial charge in [-0.3, -0.25) is 0 Å². The molecule has 0 amide bonds. The number of nitriles is 1. The molecule has 0 N–H and O–H groups in total. The van der Waals surface area contributed by atoms with Gasteiger partial charge in [-0.15, -0.1) is 0 Å². The summed E-state index contributed by atoms with van der Waals surface area (Å²) in [5.74, 6) is 1.02. The van der Waals surface area contributed by atoms with Crippen LogP contribution in [0.1, 0.15) is 62.4 Å². The Kier molecular flexibility index (Phi) is 8.47. The van der Waals surface area contributed by atoms with Gasteiger partial charge in [0, 0.05) is 11.2 Å². The number of nitrogens with zero attached hydrogens (tertiary/aromatic N) is 2. The fraction of sp³-hybridized carbons (Fsp3) is 0.385. The molecule has 0 spiro atoms. The summed E-state index contributed by atoms with van der Waals surface area (Å²) in [6, 6.07) is 13.5. The largest absolute Gasteiger partial charge is 0.491 e. The van der Waals surface area contributed by atoms with Crippen molar-refractivity contribution in [1.29, 1.82) is 5.26 Å². The molecule has 0 unspecified atom stereocenters. The summed E-state index contributed by atoms with van der Waals surface area (Å²) < 4.78 is 40.2. The van der Waals surface area contributed by atoms with Crippen molar-refractivity contribution in [2.75, 3.05) is 12.4 Å². The first-order valence-electron chi connectivity index (χ1n) is 11.3. The van der Waals surface area contributed by atoms with Gasteiger partial charge in [-0.2, -0.15) is 5.26 Å². The van der Waals surface area contributed by atoms with Crippen LogP contribution in [0, 0.1) is 11.3 Å². The fourth-order valence-corrected chi connectivity index (χ4v) is 4.44. The molecular formula is C26H29ClN2O5S. The predicted octanol–water partition coefficient (Wildman–Crippen LogP) is 5.83. The van der Waals surface area contributed by atoms with Crippen molar-refractivity contribution in [3.05, 3.63) is 76.0 Å². The second kappa shape index (κ2) is 11.1. The molecule has 0 atom stereocenters. The first kappa shape index (κ1) is 26.6. The van der Waals surface area contributed by atoms with Crippen molar-refractivity contribution < 1.29 is 22.3 Å². The van der Waals surface area contributed by atoms with Crippen LogP contribution in [0.5, 0.6) is 11.5 Å². The van der Waals surface area contributed by atoms with Gasteiger partial charge in [-0.05, 0) is 41.8 Å². The lowest BCUT2D eigenvalue weighted by Gasteiger charge is -2.27. The summed E-state index contributed by atoms with van der Waals surface area (Å²) in [4.78, 5) is 4.19. The zero-order chi connectivity index (χ0) is 25.6. The molecule has 9 heteroatoms. The van der Waals surface area contributed by atoms with Gasteiger partial charge in [0.25, 0.3) is 0 Å². The molecule has 0 aliphatic rings. The third-order valence-corrected chi connectivity index (χ3v) is 7.53. The molecular weight excluding hydrogens is 488 g/mol. The zero-order valence-corrected chi connectivity index (χ0v) is 21.9. The lowest BCUT2D eigenvalue weighted by atomic mass is 9.77. The number of benzene rings is 2. The maximum atomic E-state index is 11.7. The van der Waals surface area contributed by atoms with Gasteiger partial charge in [0.05, 0.1) is 17.2 Å². The number of hydrogen-bond donors (Lipinski definition) is 0. The van der Waals surface area contributed by atoms with Crippen molar-refractivity contribution in [2.45, 2.75) is 51.9 Å². The van der Waals surface area contributed by atoms with Crippen LogP contribution in [0.3, 0.4) is 0 Å². The molecule has 3 rings (SSSR count). The fourth-order valence-electron chi connectivity index (χ4n) is 3.45. The topological polar surface area (TPSA) is 102 Å². The highest BCUT2D eigenvalue weighted by atomic mass is 35.5. The van der Waals surface area contributed by atoms with Crippen molar-refractivity contribution >= 4 is 21.4 Å². The molecule has 7 nitrogen and oxygen atoms in total. The van der Waals surface area contributed by atoms with Crippen LogP contribution in [0.4, 0.5) is 0 Å². The van der Waals surface area contributed by atoms with Crippen LogP contribution in [0.25, 0.3) is 0 Å². The summed E-state index contributed by atoms with van der Waals surface area (Å²) in [7, 11) is -3.21. The Morgan fingerprint density at radius 2 is 1.83 bits per heavy atom.